The van der Waals surface area contributed by atoms with Gasteiger partial charge in [-0.15, -0.1) is 0 Å². The summed E-state index contributed by atoms with van der Waals surface area (Å²) in [5, 5.41) is 4.37. The number of amides is 1. The zero-order chi connectivity index (χ0) is 13.7. The van der Waals surface area contributed by atoms with E-state index < -0.39 is 11.7 Å². The first-order valence-electron chi connectivity index (χ1n) is 5.50. The number of hydrogen-bond donors (Lipinski definition) is 1. The highest BCUT2D eigenvalue weighted by Crippen LogP contribution is 2.08. The van der Waals surface area contributed by atoms with Gasteiger partial charge >= 0.3 is 0 Å². The number of benzene rings is 2. The molecule has 0 aliphatic rings. The molecular weight excluding hydrogens is 267 g/mol. The third-order valence-corrected chi connectivity index (χ3v) is 2.55. The van der Waals surface area contributed by atoms with Crippen LogP contribution in [0.3, 0.4) is 0 Å². The van der Waals surface area contributed by atoms with Gasteiger partial charge in [-0.25, -0.2) is 9.82 Å². The lowest BCUT2D eigenvalue weighted by molar-refractivity contribution is 0.0954. The Balaban J connectivity index is 2.01. The smallest absolute Gasteiger partial charge is 0.267 e. The van der Waals surface area contributed by atoms with Crippen molar-refractivity contribution in [2.45, 2.75) is 0 Å². The molecule has 0 aromatic heterocycles. The van der Waals surface area contributed by atoms with Gasteiger partial charge in [0, 0.05) is 10.6 Å². The third-order valence-electron chi connectivity index (χ3n) is 2.32. The number of hydrazone groups is 1. The summed E-state index contributed by atoms with van der Waals surface area (Å²) in [4.78, 5) is 11.6. The lowest BCUT2D eigenvalue weighted by Gasteiger charge is -1.99. The summed E-state index contributed by atoms with van der Waals surface area (Å²) >= 11 is 5.81. The van der Waals surface area contributed by atoms with Crippen molar-refractivity contribution in [2.75, 3.05) is 0 Å². The molecule has 0 saturated heterocycles. The van der Waals surface area contributed by atoms with Crippen molar-refractivity contribution >= 4 is 23.7 Å². The van der Waals surface area contributed by atoms with Crippen LogP contribution in [-0.4, -0.2) is 12.1 Å². The molecule has 0 fully saturated rings. The SMILES string of the molecule is O=C(NN=Cc1cccc(Cl)c1)c1cccc(F)c1. The molecule has 1 amide bonds. The van der Waals surface area contributed by atoms with Gasteiger partial charge in [-0.1, -0.05) is 29.8 Å². The number of nitrogens with zero attached hydrogens (tertiary/aromatic N) is 1. The highest BCUT2D eigenvalue weighted by atomic mass is 35.5. The number of rotatable bonds is 3. The molecule has 0 bridgehead atoms. The lowest BCUT2D eigenvalue weighted by Crippen LogP contribution is -2.17. The molecule has 0 aliphatic heterocycles. The normalized spacial score (nSPS) is 10.6. The summed E-state index contributed by atoms with van der Waals surface area (Å²) in [6.45, 7) is 0. The van der Waals surface area contributed by atoms with Crippen LogP contribution < -0.4 is 5.43 Å². The van der Waals surface area contributed by atoms with Crippen LogP contribution in [0, 0.1) is 5.82 Å². The summed E-state index contributed by atoms with van der Waals surface area (Å²) in [5.74, 6) is -0.941. The molecular formula is C14H10ClFN2O. The van der Waals surface area contributed by atoms with Crippen LogP contribution in [0.2, 0.25) is 5.02 Å². The maximum Gasteiger partial charge on any atom is 0.271 e. The Kier molecular flexibility index (Phi) is 4.26. The second-order valence-corrected chi connectivity index (χ2v) is 4.20. The number of halogens is 2. The minimum Gasteiger partial charge on any atom is -0.267 e. The quantitative estimate of drug-likeness (QED) is 0.679. The first kappa shape index (κ1) is 13.2. The number of carbonyl (C=O) groups is 1. The summed E-state index contributed by atoms with van der Waals surface area (Å²) in [6.07, 6.45) is 1.46. The van der Waals surface area contributed by atoms with Crippen LogP contribution in [-0.2, 0) is 0 Å². The van der Waals surface area contributed by atoms with E-state index in [-0.39, 0.29) is 5.56 Å². The van der Waals surface area contributed by atoms with E-state index in [1.807, 2.05) is 0 Å². The van der Waals surface area contributed by atoms with E-state index in [0.29, 0.717) is 5.02 Å². The maximum absolute atomic E-state index is 12.9. The average molecular weight is 277 g/mol. The van der Waals surface area contributed by atoms with Crippen molar-refractivity contribution in [3.63, 3.8) is 0 Å². The average Bonchev–Trinajstić information content (AvgIpc) is 2.38. The van der Waals surface area contributed by atoms with Crippen LogP contribution in [0.1, 0.15) is 15.9 Å². The molecule has 0 heterocycles. The van der Waals surface area contributed by atoms with E-state index in [1.165, 1.54) is 24.4 Å². The van der Waals surface area contributed by atoms with Gasteiger partial charge in [-0.3, -0.25) is 4.79 Å². The number of nitrogens with one attached hydrogen (secondary N) is 1. The van der Waals surface area contributed by atoms with Crippen molar-refractivity contribution in [2.24, 2.45) is 5.10 Å². The molecule has 2 aromatic rings. The first-order valence-corrected chi connectivity index (χ1v) is 5.87. The molecule has 0 spiro atoms. The van der Waals surface area contributed by atoms with Gasteiger partial charge < -0.3 is 0 Å². The Bertz CT molecular complexity index is 628. The lowest BCUT2D eigenvalue weighted by atomic mass is 10.2. The van der Waals surface area contributed by atoms with E-state index in [1.54, 1.807) is 24.3 Å². The predicted molar refractivity (Wildman–Crippen MR) is 72.9 cm³/mol. The van der Waals surface area contributed by atoms with Gasteiger partial charge in [0.15, 0.2) is 0 Å². The molecule has 19 heavy (non-hydrogen) atoms. The van der Waals surface area contributed by atoms with Gasteiger partial charge in [0.05, 0.1) is 6.21 Å². The van der Waals surface area contributed by atoms with E-state index in [4.69, 9.17) is 11.6 Å². The third kappa shape index (κ3) is 3.89. The van der Waals surface area contributed by atoms with Crippen molar-refractivity contribution in [3.8, 4) is 0 Å². The number of carbonyl (C=O) groups excluding carboxylic acids is 1. The molecule has 3 nitrogen and oxygen atoms in total. The molecule has 0 aliphatic carbocycles. The zero-order valence-corrected chi connectivity index (χ0v) is 10.6. The van der Waals surface area contributed by atoms with Gasteiger partial charge in [0.2, 0.25) is 0 Å². The fourth-order valence-electron chi connectivity index (χ4n) is 1.45. The van der Waals surface area contributed by atoms with Gasteiger partial charge in [-0.2, -0.15) is 5.10 Å². The minimum absolute atomic E-state index is 0.211. The minimum atomic E-state index is -0.474. The molecule has 2 rings (SSSR count). The van der Waals surface area contributed by atoms with Crippen LogP contribution >= 0.6 is 11.6 Å². The highest BCUT2D eigenvalue weighted by molar-refractivity contribution is 6.30. The van der Waals surface area contributed by atoms with E-state index in [0.717, 1.165) is 11.6 Å². The molecule has 96 valence electrons. The second-order valence-electron chi connectivity index (χ2n) is 3.76. The van der Waals surface area contributed by atoms with Crippen LogP contribution in [0.4, 0.5) is 4.39 Å². The van der Waals surface area contributed by atoms with E-state index >= 15 is 0 Å². The van der Waals surface area contributed by atoms with Crippen LogP contribution in [0.5, 0.6) is 0 Å². The van der Waals surface area contributed by atoms with E-state index in [9.17, 15) is 9.18 Å². The Labute approximate surface area is 114 Å². The maximum atomic E-state index is 12.9. The summed E-state index contributed by atoms with van der Waals surface area (Å²) in [6, 6.07) is 12.4. The molecule has 0 radical (unpaired) electrons. The summed E-state index contributed by atoms with van der Waals surface area (Å²) in [5.41, 5.74) is 3.28. The van der Waals surface area contributed by atoms with Crippen molar-refractivity contribution < 1.29 is 9.18 Å². The van der Waals surface area contributed by atoms with Crippen LogP contribution in [0.25, 0.3) is 0 Å². The Morgan fingerprint density at radius 2 is 2.00 bits per heavy atom. The Morgan fingerprint density at radius 1 is 1.21 bits per heavy atom. The molecule has 2 aromatic carbocycles. The predicted octanol–water partition coefficient (Wildman–Crippen LogP) is 3.24. The molecule has 1 N–H and O–H groups in total. The van der Waals surface area contributed by atoms with Crippen LogP contribution in [0.15, 0.2) is 53.6 Å². The van der Waals surface area contributed by atoms with Crippen molar-refractivity contribution in [3.05, 3.63) is 70.5 Å². The van der Waals surface area contributed by atoms with Crippen molar-refractivity contribution in [1.29, 1.82) is 0 Å². The second kappa shape index (κ2) is 6.11. The zero-order valence-electron chi connectivity index (χ0n) is 9.81. The summed E-state index contributed by atoms with van der Waals surface area (Å²) < 4.78 is 12.9. The van der Waals surface area contributed by atoms with E-state index in [2.05, 4.69) is 10.5 Å². The molecule has 0 atom stereocenters. The fraction of sp³-hybridized carbons (Fsp3) is 0. The molecule has 0 unspecified atom stereocenters. The number of hydrogen-bond acceptors (Lipinski definition) is 2. The molecule has 5 heteroatoms. The first-order chi connectivity index (χ1) is 9.15. The highest BCUT2D eigenvalue weighted by Gasteiger charge is 2.04. The van der Waals surface area contributed by atoms with Gasteiger partial charge in [0.1, 0.15) is 5.82 Å². The van der Waals surface area contributed by atoms with Crippen molar-refractivity contribution in [1.82, 2.24) is 5.43 Å². The molecule has 0 saturated carbocycles. The summed E-state index contributed by atoms with van der Waals surface area (Å²) in [7, 11) is 0. The largest absolute Gasteiger partial charge is 0.271 e. The monoisotopic (exact) mass is 276 g/mol. The van der Waals surface area contributed by atoms with Gasteiger partial charge in [0.25, 0.3) is 5.91 Å². The van der Waals surface area contributed by atoms with Gasteiger partial charge in [-0.05, 0) is 35.9 Å². The topological polar surface area (TPSA) is 41.5 Å². The Morgan fingerprint density at radius 3 is 2.74 bits per heavy atom. The fourth-order valence-corrected chi connectivity index (χ4v) is 1.65. The standard InChI is InChI=1S/C14H10ClFN2O/c15-12-5-1-3-10(7-12)9-17-18-14(19)11-4-2-6-13(16)8-11/h1-9H,(H,18,19). The Hall–Kier alpha value is -2.20.